The summed E-state index contributed by atoms with van der Waals surface area (Å²) in [4.78, 5) is 12.2. The molecule has 5 heteroatoms. The Hall–Kier alpha value is -2.69. The molecule has 0 bridgehead atoms. The molecule has 5 nitrogen and oxygen atoms in total. The highest BCUT2D eigenvalue weighted by molar-refractivity contribution is 5.78. The Morgan fingerprint density at radius 1 is 1.08 bits per heavy atom. The van der Waals surface area contributed by atoms with E-state index in [0.717, 1.165) is 23.3 Å². The van der Waals surface area contributed by atoms with Gasteiger partial charge < -0.3 is 19.5 Å². The van der Waals surface area contributed by atoms with Gasteiger partial charge in [-0.25, -0.2) is 0 Å². The van der Waals surface area contributed by atoms with Gasteiger partial charge in [-0.1, -0.05) is 25.1 Å². The third-order valence-electron chi connectivity index (χ3n) is 3.99. The van der Waals surface area contributed by atoms with Crippen LogP contribution in [0.3, 0.4) is 0 Å². The quantitative estimate of drug-likeness (QED) is 0.797. The van der Waals surface area contributed by atoms with Crippen LogP contribution in [0.15, 0.2) is 42.5 Å². The number of amides is 1. The van der Waals surface area contributed by atoms with Gasteiger partial charge in [0.15, 0.2) is 6.61 Å². The van der Waals surface area contributed by atoms with Crippen LogP contribution in [0, 0.1) is 0 Å². The van der Waals surface area contributed by atoms with Gasteiger partial charge in [0.05, 0.1) is 20.3 Å². The average Bonchev–Trinajstić information content (AvgIpc) is 2.65. The standard InChI is InChI=1S/C20H25NO4/c1-5-15-8-6-7-9-18(15)25-13-20(22)21-14(2)17-12-16(23-3)10-11-19(17)24-4/h6-12,14H,5,13H2,1-4H3,(H,21,22). The molecule has 0 heterocycles. The lowest BCUT2D eigenvalue weighted by Gasteiger charge is -2.18. The van der Waals surface area contributed by atoms with Crippen LogP contribution in [0.25, 0.3) is 0 Å². The molecular formula is C20H25NO4. The minimum absolute atomic E-state index is 0.0341. The summed E-state index contributed by atoms with van der Waals surface area (Å²) in [5, 5.41) is 2.93. The van der Waals surface area contributed by atoms with Crippen molar-refractivity contribution < 1.29 is 19.0 Å². The molecule has 0 aliphatic carbocycles. The van der Waals surface area contributed by atoms with Crippen LogP contribution in [0.5, 0.6) is 17.2 Å². The summed E-state index contributed by atoms with van der Waals surface area (Å²) in [6, 6.07) is 13.0. The minimum Gasteiger partial charge on any atom is -0.497 e. The summed E-state index contributed by atoms with van der Waals surface area (Å²) < 4.78 is 16.3. The Balaban J connectivity index is 2.00. The number of hydrogen-bond acceptors (Lipinski definition) is 4. The Morgan fingerprint density at radius 3 is 2.52 bits per heavy atom. The van der Waals surface area contributed by atoms with Gasteiger partial charge >= 0.3 is 0 Å². The van der Waals surface area contributed by atoms with E-state index in [1.54, 1.807) is 14.2 Å². The van der Waals surface area contributed by atoms with Crippen molar-refractivity contribution >= 4 is 5.91 Å². The molecule has 2 rings (SSSR count). The number of carbonyl (C=O) groups excluding carboxylic acids is 1. The first-order valence-electron chi connectivity index (χ1n) is 8.31. The summed E-state index contributed by atoms with van der Waals surface area (Å²) >= 11 is 0. The van der Waals surface area contributed by atoms with Crippen molar-refractivity contribution in [3.8, 4) is 17.2 Å². The monoisotopic (exact) mass is 343 g/mol. The van der Waals surface area contributed by atoms with Crippen molar-refractivity contribution in [3.63, 3.8) is 0 Å². The van der Waals surface area contributed by atoms with E-state index in [1.807, 2.05) is 49.4 Å². The van der Waals surface area contributed by atoms with E-state index in [2.05, 4.69) is 12.2 Å². The first kappa shape index (κ1) is 18.6. The molecule has 0 spiro atoms. The highest BCUT2D eigenvalue weighted by Crippen LogP contribution is 2.29. The zero-order chi connectivity index (χ0) is 18.2. The molecule has 25 heavy (non-hydrogen) atoms. The van der Waals surface area contributed by atoms with Crippen LogP contribution >= 0.6 is 0 Å². The van der Waals surface area contributed by atoms with Gasteiger partial charge in [0.1, 0.15) is 17.2 Å². The van der Waals surface area contributed by atoms with Crippen molar-refractivity contribution in [2.45, 2.75) is 26.3 Å². The predicted octanol–water partition coefficient (Wildman–Crippen LogP) is 3.52. The topological polar surface area (TPSA) is 56.8 Å². The SMILES string of the molecule is CCc1ccccc1OCC(=O)NC(C)c1cc(OC)ccc1OC. The van der Waals surface area contributed by atoms with E-state index < -0.39 is 0 Å². The molecular weight excluding hydrogens is 318 g/mol. The Kier molecular flexibility index (Phi) is 6.69. The third kappa shape index (κ3) is 4.89. The maximum absolute atomic E-state index is 12.2. The summed E-state index contributed by atoms with van der Waals surface area (Å²) in [5.41, 5.74) is 1.93. The molecule has 1 N–H and O–H groups in total. The van der Waals surface area contributed by atoms with E-state index in [-0.39, 0.29) is 18.6 Å². The van der Waals surface area contributed by atoms with E-state index in [1.165, 1.54) is 0 Å². The van der Waals surface area contributed by atoms with E-state index in [4.69, 9.17) is 14.2 Å². The molecule has 134 valence electrons. The van der Waals surface area contributed by atoms with Crippen molar-refractivity contribution in [3.05, 3.63) is 53.6 Å². The van der Waals surface area contributed by atoms with Gasteiger partial charge in [0.25, 0.3) is 5.91 Å². The molecule has 1 unspecified atom stereocenters. The smallest absolute Gasteiger partial charge is 0.258 e. The molecule has 0 radical (unpaired) electrons. The fourth-order valence-electron chi connectivity index (χ4n) is 2.62. The highest BCUT2D eigenvalue weighted by atomic mass is 16.5. The lowest BCUT2D eigenvalue weighted by molar-refractivity contribution is -0.123. The Bertz CT molecular complexity index is 715. The molecule has 1 atom stereocenters. The van der Waals surface area contributed by atoms with Crippen molar-refractivity contribution in [2.24, 2.45) is 0 Å². The second kappa shape index (κ2) is 8.97. The van der Waals surface area contributed by atoms with Gasteiger partial charge in [-0.05, 0) is 43.2 Å². The largest absolute Gasteiger partial charge is 0.497 e. The Labute approximate surface area is 148 Å². The van der Waals surface area contributed by atoms with Gasteiger partial charge in [-0.15, -0.1) is 0 Å². The number of ether oxygens (including phenoxy) is 3. The first-order valence-corrected chi connectivity index (χ1v) is 8.31. The van der Waals surface area contributed by atoms with Crippen LogP contribution in [0.2, 0.25) is 0 Å². The molecule has 0 saturated heterocycles. The third-order valence-corrected chi connectivity index (χ3v) is 3.99. The Morgan fingerprint density at radius 2 is 1.84 bits per heavy atom. The summed E-state index contributed by atoms with van der Waals surface area (Å²) in [7, 11) is 3.21. The molecule has 0 aromatic heterocycles. The zero-order valence-electron chi connectivity index (χ0n) is 15.2. The number of methoxy groups -OCH3 is 2. The van der Waals surface area contributed by atoms with Crippen LogP contribution < -0.4 is 19.5 Å². The molecule has 0 fully saturated rings. The number of carbonyl (C=O) groups is 1. The number of aryl methyl sites for hydroxylation is 1. The van der Waals surface area contributed by atoms with Crippen molar-refractivity contribution in [1.29, 1.82) is 0 Å². The maximum Gasteiger partial charge on any atom is 0.258 e. The maximum atomic E-state index is 12.2. The average molecular weight is 343 g/mol. The van der Waals surface area contributed by atoms with Gasteiger partial charge in [-0.3, -0.25) is 4.79 Å². The summed E-state index contributed by atoms with van der Waals surface area (Å²) in [6.07, 6.45) is 0.856. The molecule has 0 aliphatic rings. The lowest BCUT2D eigenvalue weighted by atomic mass is 10.1. The minimum atomic E-state index is -0.234. The van der Waals surface area contributed by atoms with Crippen molar-refractivity contribution in [1.82, 2.24) is 5.32 Å². The van der Waals surface area contributed by atoms with Crippen LogP contribution in [0.4, 0.5) is 0 Å². The summed E-state index contributed by atoms with van der Waals surface area (Å²) in [6.45, 7) is 3.92. The second-order valence-corrected chi connectivity index (χ2v) is 5.65. The van der Waals surface area contributed by atoms with Crippen LogP contribution in [-0.2, 0) is 11.2 Å². The van der Waals surface area contributed by atoms with Gasteiger partial charge in [-0.2, -0.15) is 0 Å². The molecule has 2 aromatic rings. The first-order chi connectivity index (χ1) is 12.1. The normalized spacial score (nSPS) is 11.5. The number of nitrogens with one attached hydrogen (secondary N) is 1. The fraction of sp³-hybridized carbons (Fsp3) is 0.350. The number of rotatable bonds is 8. The number of hydrogen-bond donors (Lipinski definition) is 1. The van der Waals surface area contributed by atoms with E-state index in [0.29, 0.717) is 11.5 Å². The molecule has 1 amide bonds. The number of para-hydroxylation sites is 1. The number of benzene rings is 2. The predicted molar refractivity (Wildman–Crippen MR) is 97.4 cm³/mol. The highest BCUT2D eigenvalue weighted by Gasteiger charge is 2.16. The molecule has 0 aliphatic heterocycles. The summed E-state index contributed by atoms with van der Waals surface area (Å²) in [5.74, 6) is 1.96. The van der Waals surface area contributed by atoms with Crippen molar-refractivity contribution in [2.75, 3.05) is 20.8 Å². The fourth-order valence-corrected chi connectivity index (χ4v) is 2.62. The second-order valence-electron chi connectivity index (χ2n) is 5.65. The lowest BCUT2D eigenvalue weighted by Crippen LogP contribution is -2.31. The van der Waals surface area contributed by atoms with Gasteiger partial charge in [0.2, 0.25) is 0 Å². The van der Waals surface area contributed by atoms with Crippen LogP contribution in [0.1, 0.15) is 31.0 Å². The van der Waals surface area contributed by atoms with Gasteiger partial charge in [0, 0.05) is 5.56 Å². The molecule has 0 saturated carbocycles. The van der Waals surface area contributed by atoms with Crippen LogP contribution in [-0.4, -0.2) is 26.7 Å². The molecule has 2 aromatic carbocycles. The van der Waals surface area contributed by atoms with E-state index >= 15 is 0 Å². The zero-order valence-corrected chi connectivity index (χ0v) is 15.2. The van der Waals surface area contributed by atoms with E-state index in [9.17, 15) is 4.79 Å².